The topological polar surface area (TPSA) is 76.0 Å². The highest BCUT2D eigenvalue weighted by molar-refractivity contribution is 7.80. The highest BCUT2D eigenvalue weighted by Gasteiger charge is 2.16. The van der Waals surface area contributed by atoms with Crippen LogP contribution in [-0.4, -0.2) is 39.7 Å². The molecule has 7 heteroatoms. The summed E-state index contributed by atoms with van der Waals surface area (Å²) < 4.78 is 2.00. The third-order valence-corrected chi connectivity index (χ3v) is 2.94. The van der Waals surface area contributed by atoms with Gasteiger partial charge in [0.1, 0.15) is 6.04 Å². The van der Waals surface area contributed by atoms with Crippen LogP contribution in [0.25, 0.3) is 0 Å². The van der Waals surface area contributed by atoms with Crippen LogP contribution >= 0.6 is 12.6 Å². The number of nitrogens with one attached hydrogen (secondary N) is 2. The monoisotopic (exact) mass is 284 g/mol. The van der Waals surface area contributed by atoms with Crippen LogP contribution in [0.4, 0.5) is 0 Å². The van der Waals surface area contributed by atoms with E-state index in [1.54, 1.807) is 12.5 Å². The minimum atomic E-state index is -0.561. The molecule has 106 valence electrons. The fourth-order valence-electron chi connectivity index (χ4n) is 1.61. The quantitative estimate of drug-likeness (QED) is 0.472. The number of nitrogens with zero attached hydrogens (tertiary/aromatic N) is 2. The van der Waals surface area contributed by atoms with E-state index in [4.69, 9.17) is 0 Å². The van der Waals surface area contributed by atoms with Crippen molar-refractivity contribution in [3.63, 3.8) is 0 Å². The summed E-state index contributed by atoms with van der Waals surface area (Å²) in [5.41, 5.74) is 0. The first kappa shape index (κ1) is 15.6. The van der Waals surface area contributed by atoms with E-state index in [9.17, 15) is 9.59 Å². The van der Waals surface area contributed by atoms with Crippen LogP contribution in [0.15, 0.2) is 18.7 Å². The number of aromatic nitrogens is 2. The number of amides is 2. The van der Waals surface area contributed by atoms with Crippen molar-refractivity contribution >= 4 is 24.4 Å². The van der Waals surface area contributed by atoms with E-state index < -0.39 is 6.04 Å². The molecule has 1 aromatic heterocycles. The molecule has 1 aromatic rings. The first-order valence-electron chi connectivity index (χ1n) is 6.25. The number of imidazole rings is 1. The summed E-state index contributed by atoms with van der Waals surface area (Å²) >= 11 is 4.05. The van der Waals surface area contributed by atoms with E-state index in [1.807, 2.05) is 10.8 Å². The first-order valence-corrected chi connectivity index (χ1v) is 6.88. The molecule has 2 amide bonds. The van der Waals surface area contributed by atoms with Gasteiger partial charge >= 0.3 is 0 Å². The zero-order valence-corrected chi connectivity index (χ0v) is 11.9. The Labute approximate surface area is 118 Å². The lowest BCUT2D eigenvalue weighted by molar-refractivity contribution is -0.127. The summed E-state index contributed by atoms with van der Waals surface area (Å²) in [4.78, 5) is 26.6. The Bertz CT molecular complexity index is 394. The molecule has 0 spiro atoms. The van der Waals surface area contributed by atoms with Crippen molar-refractivity contribution < 1.29 is 9.59 Å². The number of thiol groups is 1. The summed E-state index contributed by atoms with van der Waals surface area (Å²) in [5, 5.41) is 5.34. The summed E-state index contributed by atoms with van der Waals surface area (Å²) in [6.07, 6.45) is 7.26. The standard InChI is InChI=1S/C12H20N4O2S/c1-10(17)15-11(8-19)12(18)14-4-2-3-6-16-7-5-13-9-16/h5,7,9,11,19H,2-4,6,8H2,1H3,(H,14,18)(H,15,17). The van der Waals surface area contributed by atoms with E-state index in [0.29, 0.717) is 12.3 Å². The lowest BCUT2D eigenvalue weighted by Crippen LogP contribution is -2.47. The van der Waals surface area contributed by atoms with Crippen LogP contribution in [-0.2, 0) is 16.1 Å². The molecule has 2 N–H and O–H groups in total. The second-order valence-electron chi connectivity index (χ2n) is 4.23. The Morgan fingerprint density at radius 2 is 2.21 bits per heavy atom. The zero-order chi connectivity index (χ0) is 14.1. The molecule has 6 nitrogen and oxygen atoms in total. The van der Waals surface area contributed by atoms with E-state index >= 15 is 0 Å². The van der Waals surface area contributed by atoms with Crippen molar-refractivity contribution in [3.05, 3.63) is 18.7 Å². The van der Waals surface area contributed by atoms with Crippen molar-refractivity contribution in [2.24, 2.45) is 0 Å². The fraction of sp³-hybridized carbons (Fsp3) is 0.583. The molecule has 1 unspecified atom stereocenters. The molecule has 0 saturated carbocycles. The van der Waals surface area contributed by atoms with Crippen LogP contribution in [0, 0.1) is 0 Å². The van der Waals surface area contributed by atoms with Gasteiger partial charge in [-0.25, -0.2) is 4.98 Å². The minimum absolute atomic E-state index is 0.187. The van der Waals surface area contributed by atoms with Crippen LogP contribution in [0.1, 0.15) is 19.8 Å². The summed E-state index contributed by atoms with van der Waals surface area (Å²) in [7, 11) is 0. The van der Waals surface area contributed by atoms with Crippen LogP contribution in [0.2, 0.25) is 0 Å². The van der Waals surface area contributed by atoms with Crippen LogP contribution in [0.5, 0.6) is 0 Å². The van der Waals surface area contributed by atoms with Gasteiger partial charge in [-0.3, -0.25) is 9.59 Å². The van der Waals surface area contributed by atoms with Gasteiger partial charge in [0, 0.05) is 38.2 Å². The molecule has 1 atom stereocenters. The lowest BCUT2D eigenvalue weighted by atomic mass is 10.2. The maximum Gasteiger partial charge on any atom is 0.243 e. The maximum absolute atomic E-state index is 11.7. The average molecular weight is 284 g/mol. The molecule has 19 heavy (non-hydrogen) atoms. The predicted octanol–water partition coefficient (Wildman–Crippen LogP) is 0.214. The van der Waals surface area contributed by atoms with Gasteiger partial charge in [-0.2, -0.15) is 12.6 Å². The smallest absolute Gasteiger partial charge is 0.243 e. The lowest BCUT2D eigenvalue weighted by Gasteiger charge is -2.15. The molecular formula is C12H20N4O2S. The highest BCUT2D eigenvalue weighted by atomic mass is 32.1. The summed E-state index contributed by atoms with van der Waals surface area (Å²) in [6.45, 7) is 2.86. The van der Waals surface area contributed by atoms with Crippen molar-refractivity contribution in [1.82, 2.24) is 20.2 Å². The van der Waals surface area contributed by atoms with E-state index in [0.717, 1.165) is 19.4 Å². The Morgan fingerprint density at radius 3 is 2.79 bits per heavy atom. The zero-order valence-electron chi connectivity index (χ0n) is 11.0. The van der Waals surface area contributed by atoms with Gasteiger partial charge in [0.25, 0.3) is 0 Å². The Hall–Kier alpha value is -1.50. The van der Waals surface area contributed by atoms with Crippen molar-refractivity contribution in [3.8, 4) is 0 Å². The van der Waals surface area contributed by atoms with Gasteiger partial charge in [-0.15, -0.1) is 0 Å². The van der Waals surface area contributed by atoms with E-state index in [2.05, 4.69) is 28.2 Å². The van der Waals surface area contributed by atoms with Gasteiger partial charge in [-0.05, 0) is 12.8 Å². The van der Waals surface area contributed by atoms with E-state index in [-0.39, 0.29) is 11.8 Å². The Morgan fingerprint density at radius 1 is 1.42 bits per heavy atom. The molecule has 0 aliphatic rings. The number of aryl methyl sites for hydroxylation is 1. The largest absolute Gasteiger partial charge is 0.354 e. The van der Waals surface area contributed by atoms with Gasteiger partial charge in [0.15, 0.2) is 0 Å². The molecule has 0 aromatic carbocycles. The Balaban J connectivity index is 2.13. The molecular weight excluding hydrogens is 264 g/mol. The molecule has 1 rings (SSSR count). The number of carbonyl (C=O) groups is 2. The van der Waals surface area contributed by atoms with Crippen LogP contribution in [0.3, 0.4) is 0 Å². The number of hydrogen-bond acceptors (Lipinski definition) is 4. The van der Waals surface area contributed by atoms with Crippen LogP contribution < -0.4 is 10.6 Å². The minimum Gasteiger partial charge on any atom is -0.354 e. The average Bonchev–Trinajstić information content (AvgIpc) is 2.88. The molecule has 0 aliphatic heterocycles. The number of rotatable bonds is 8. The normalized spacial score (nSPS) is 11.9. The van der Waals surface area contributed by atoms with Crippen molar-refractivity contribution in [2.45, 2.75) is 32.4 Å². The number of hydrogen-bond donors (Lipinski definition) is 3. The Kier molecular flexibility index (Phi) is 7.02. The third kappa shape index (κ3) is 6.28. The van der Waals surface area contributed by atoms with Gasteiger partial charge in [-0.1, -0.05) is 0 Å². The summed E-state index contributed by atoms with van der Waals surface area (Å²) in [5.74, 6) is -0.123. The molecule has 1 heterocycles. The van der Waals surface area contributed by atoms with Gasteiger partial charge in [0.2, 0.25) is 11.8 Å². The maximum atomic E-state index is 11.7. The first-order chi connectivity index (χ1) is 9.13. The molecule has 0 aliphatic carbocycles. The molecule has 0 fully saturated rings. The third-order valence-electron chi connectivity index (χ3n) is 2.58. The van der Waals surface area contributed by atoms with Gasteiger partial charge in [0.05, 0.1) is 6.33 Å². The predicted molar refractivity (Wildman–Crippen MR) is 75.9 cm³/mol. The SMILES string of the molecule is CC(=O)NC(CS)C(=O)NCCCCn1ccnc1. The molecule has 0 radical (unpaired) electrons. The second-order valence-corrected chi connectivity index (χ2v) is 4.60. The van der Waals surface area contributed by atoms with E-state index in [1.165, 1.54) is 6.92 Å². The van der Waals surface area contributed by atoms with Gasteiger partial charge < -0.3 is 15.2 Å². The fourth-order valence-corrected chi connectivity index (χ4v) is 1.87. The molecule has 0 saturated heterocycles. The highest BCUT2D eigenvalue weighted by Crippen LogP contribution is 1.95. The van der Waals surface area contributed by atoms with Crippen molar-refractivity contribution in [2.75, 3.05) is 12.3 Å². The van der Waals surface area contributed by atoms with Crippen molar-refractivity contribution in [1.29, 1.82) is 0 Å². The molecule has 0 bridgehead atoms. The second kappa shape index (κ2) is 8.58. The number of unbranched alkanes of at least 4 members (excludes halogenated alkanes) is 1. The number of carbonyl (C=O) groups excluding carboxylic acids is 2. The summed E-state index contributed by atoms with van der Waals surface area (Å²) in [6, 6.07) is -0.561.